The molecule has 1 N–H and O–H groups in total. The summed E-state index contributed by atoms with van der Waals surface area (Å²) in [6, 6.07) is 7.03. The molecule has 1 aromatic heterocycles. The number of nitrogens with one attached hydrogen (secondary N) is 1. The van der Waals surface area contributed by atoms with E-state index in [-0.39, 0.29) is 23.9 Å². The van der Waals surface area contributed by atoms with Crippen molar-refractivity contribution in [2.45, 2.75) is 26.7 Å². The second-order valence-electron chi connectivity index (χ2n) is 5.46. The largest absolute Gasteiger partial charge is 0.360 e. The number of halogens is 1. The van der Waals surface area contributed by atoms with Crippen LogP contribution in [0.25, 0.3) is 0 Å². The molecule has 128 valence electrons. The molecule has 7 heteroatoms. The standard InChI is InChI=1S/C17H20FN3O3/c1-3-4-8-21(17(23)13-6-5-7-14(18)10-13)11-16(22)19-15-9-12(2)24-20-15/h5-7,9-10H,3-4,8,11H2,1-2H3,(H,19,20,22). The predicted octanol–water partition coefficient (Wildman–Crippen LogP) is 3.00. The lowest BCUT2D eigenvalue weighted by atomic mass is 10.2. The Labute approximate surface area is 139 Å². The normalized spacial score (nSPS) is 10.5. The van der Waals surface area contributed by atoms with Crippen LogP contribution >= 0.6 is 0 Å². The quantitative estimate of drug-likeness (QED) is 0.845. The number of nitrogens with zero attached hydrogens (tertiary/aromatic N) is 2. The molecule has 0 fully saturated rings. The molecule has 0 spiro atoms. The van der Waals surface area contributed by atoms with E-state index in [4.69, 9.17) is 4.52 Å². The summed E-state index contributed by atoms with van der Waals surface area (Å²) >= 11 is 0. The monoisotopic (exact) mass is 333 g/mol. The van der Waals surface area contributed by atoms with Crippen molar-refractivity contribution in [3.05, 3.63) is 47.5 Å². The van der Waals surface area contributed by atoms with Crippen LogP contribution in [0.1, 0.15) is 35.9 Å². The summed E-state index contributed by atoms with van der Waals surface area (Å²) in [6.45, 7) is 3.98. The van der Waals surface area contributed by atoms with E-state index >= 15 is 0 Å². The number of rotatable bonds is 7. The minimum Gasteiger partial charge on any atom is -0.360 e. The fraction of sp³-hybridized carbons (Fsp3) is 0.353. The van der Waals surface area contributed by atoms with Gasteiger partial charge in [-0.25, -0.2) is 4.39 Å². The van der Waals surface area contributed by atoms with Crippen molar-refractivity contribution < 1.29 is 18.5 Å². The third kappa shape index (κ3) is 4.91. The molecule has 0 radical (unpaired) electrons. The van der Waals surface area contributed by atoms with Crippen LogP contribution < -0.4 is 5.32 Å². The highest BCUT2D eigenvalue weighted by molar-refractivity contribution is 5.99. The smallest absolute Gasteiger partial charge is 0.254 e. The Bertz CT molecular complexity index is 715. The summed E-state index contributed by atoms with van der Waals surface area (Å²) in [6.07, 6.45) is 1.62. The van der Waals surface area contributed by atoms with Gasteiger partial charge in [-0.2, -0.15) is 0 Å². The van der Waals surface area contributed by atoms with E-state index in [2.05, 4.69) is 10.5 Å². The van der Waals surface area contributed by atoms with Crippen molar-refractivity contribution in [2.24, 2.45) is 0 Å². The van der Waals surface area contributed by atoms with Crippen molar-refractivity contribution in [2.75, 3.05) is 18.4 Å². The van der Waals surface area contributed by atoms with E-state index in [1.165, 1.54) is 29.2 Å². The van der Waals surface area contributed by atoms with Gasteiger partial charge in [0.05, 0.1) is 0 Å². The Morgan fingerprint density at radius 2 is 2.12 bits per heavy atom. The molecule has 2 rings (SSSR count). The second-order valence-corrected chi connectivity index (χ2v) is 5.46. The summed E-state index contributed by atoms with van der Waals surface area (Å²) in [4.78, 5) is 26.1. The lowest BCUT2D eigenvalue weighted by Gasteiger charge is -2.22. The average molecular weight is 333 g/mol. The van der Waals surface area contributed by atoms with E-state index in [1.807, 2.05) is 6.92 Å². The van der Waals surface area contributed by atoms with Crippen molar-refractivity contribution in [3.8, 4) is 0 Å². The predicted molar refractivity (Wildman–Crippen MR) is 87.1 cm³/mol. The minimum absolute atomic E-state index is 0.138. The second kappa shape index (κ2) is 8.24. The van der Waals surface area contributed by atoms with Crippen LogP contribution in [0.4, 0.5) is 10.2 Å². The molecule has 0 bridgehead atoms. The van der Waals surface area contributed by atoms with Crippen molar-refractivity contribution in [3.63, 3.8) is 0 Å². The van der Waals surface area contributed by atoms with Crippen molar-refractivity contribution in [1.82, 2.24) is 10.1 Å². The van der Waals surface area contributed by atoms with Gasteiger partial charge in [0.2, 0.25) is 5.91 Å². The lowest BCUT2D eigenvalue weighted by Crippen LogP contribution is -2.38. The molecule has 0 atom stereocenters. The third-order valence-electron chi connectivity index (χ3n) is 3.37. The Morgan fingerprint density at radius 3 is 2.75 bits per heavy atom. The maximum atomic E-state index is 13.3. The summed E-state index contributed by atoms with van der Waals surface area (Å²) in [5, 5.41) is 6.26. The van der Waals surface area contributed by atoms with Gasteiger partial charge in [-0.1, -0.05) is 24.6 Å². The first kappa shape index (κ1) is 17.7. The average Bonchev–Trinajstić information content (AvgIpc) is 2.95. The number of carbonyl (C=O) groups excluding carboxylic acids is 2. The molecule has 1 heterocycles. The number of amides is 2. The topological polar surface area (TPSA) is 75.4 Å². The highest BCUT2D eigenvalue weighted by Gasteiger charge is 2.19. The van der Waals surface area contributed by atoms with Gasteiger partial charge in [-0.05, 0) is 31.5 Å². The Hall–Kier alpha value is -2.70. The van der Waals surface area contributed by atoms with Gasteiger partial charge in [-0.3, -0.25) is 9.59 Å². The van der Waals surface area contributed by atoms with Gasteiger partial charge in [0.1, 0.15) is 18.1 Å². The van der Waals surface area contributed by atoms with Gasteiger partial charge >= 0.3 is 0 Å². The van der Waals surface area contributed by atoms with E-state index < -0.39 is 5.82 Å². The summed E-state index contributed by atoms with van der Waals surface area (Å²) in [7, 11) is 0. The van der Waals surface area contributed by atoms with E-state index in [0.717, 1.165) is 12.8 Å². The van der Waals surface area contributed by atoms with Gasteiger partial charge in [0.15, 0.2) is 5.82 Å². The Morgan fingerprint density at radius 1 is 1.33 bits per heavy atom. The molecule has 0 aliphatic carbocycles. The number of benzene rings is 1. The van der Waals surface area contributed by atoms with Crippen LogP contribution in [0.3, 0.4) is 0 Å². The molecule has 0 saturated carbocycles. The zero-order valence-corrected chi connectivity index (χ0v) is 13.7. The molecule has 2 amide bonds. The first-order valence-electron chi connectivity index (χ1n) is 7.77. The Balaban J connectivity index is 2.06. The molecule has 2 aromatic rings. The molecule has 0 saturated heterocycles. The zero-order chi connectivity index (χ0) is 17.5. The van der Waals surface area contributed by atoms with Crippen LogP contribution in [-0.4, -0.2) is 35.0 Å². The van der Waals surface area contributed by atoms with Crippen molar-refractivity contribution >= 4 is 17.6 Å². The summed E-state index contributed by atoms with van der Waals surface area (Å²) in [5.74, 6) is -0.382. The first-order valence-corrected chi connectivity index (χ1v) is 7.77. The minimum atomic E-state index is -0.487. The number of carbonyl (C=O) groups is 2. The highest BCUT2D eigenvalue weighted by atomic mass is 19.1. The lowest BCUT2D eigenvalue weighted by molar-refractivity contribution is -0.117. The van der Waals surface area contributed by atoms with Crippen LogP contribution in [0, 0.1) is 12.7 Å². The van der Waals surface area contributed by atoms with Crippen LogP contribution in [0.5, 0.6) is 0 Å². The number of hydrogen-bond donors (Lipinski definition) is 1. The number of unbranched alkanes of at least 4 members (excludes halogenated alkanes) is 1. The number of aryl methyl sites for hydroxylation is 1. The Kier molecular flexibility index (Phi) is 6.06. The summed E-state index contributed by atoms with van der Waals surface area (Å²) in [5.41, 5.74) is 0.219. The first-order chi connectivity index (χ1) is 11.5. The van der Waals surface area contributed by atoms with E-state index in [1.54, 1.807) is 13.0 Å². The van der Waals surface area contributed by atoms with Crippen molar-refractivity contribution in [1.29, 1.82) is 0 Å². The fourth-order valence-electron chi connectivity index (χ4n) is 2.19. The van der Waals surface area contributed by atoms with Crippen LogP contribution in [-0.2, 0) is 4.79 Å². The van der Waals surface area contributed by atoms with Gasteiger partial charge in [0, 0.05) is 18.2 Å². The van der Waals surface area contributed by atoms with E-state index in [9.17, 15) is 14.0 Å². The number of hydrogen-bond acceptors (Lipinski definition) is 4. The molecular formula is C17H20FN3O3. The van der Waals surface area contributed by atoms with E-state index in [0.29, 0.717) is 18.1 Å². The number of anilines is 1. The molecule has 1 aromatic carbocycles. The third-order valence-corrected chi connectivity index (χ3v) is 3.37. The molecule has 0 aliphatic rings. The molecule has 0 aliphatic heterocycles. The highest BCUT2D eigenvalue weighted by Crippen LogP contribution is 2.10. The van der Waals surface area contributed by atoms with Gasteiger partial charge < -0.3 is 14.7 Å². The van der Waals surface area contributed by atoms with Gasteiger partial charge in [0.25, 0.3) is 5.91 Å². The molecule has 24 heavy (non-hydrogen) atoms. The zero-order valence-electron chi connectivity index (χ0n) is 13.7. The summed E-state index contributed by atoms with van der Waals surface area (Å²) < 4.78 is 18.2. The van der Waals surface area contributed by atoms with Crippen LogP contribution in [0.2, 0.25) is 0 Å². The van der Waals surface area contributed by atoms with Crippen LogP contribution in [0.15, 0.2) is 34.9 Å². The SMILES string of the molecule is CCCCN(CC(=O)Nc1cc(C)on1)C(=O)c1cccc(F)c1. The fourth-order valence-corrected chi connectivity index (χ4v) is 2.19. The maximum Gasteiger partial charge on any atom is 0.254 e. The molecule has 6 nitrogen and oxygen atoms in total. The molecule has 0 unspecified atom stereocenters. The maximum absolute atomic E-state index is 13.3. The number of aromatic nitrogens is 1. The molecular weight excluding hydrogens is 313 g/mol. The van der Waals surface area contributed by atoms with Gasteiger partial charge in [-0.15, -0.1) is 0 Å².